The van der Waals surface area contributed by atoms with Crippen LogP contribution in [0.3, 0.4) is 0 Å². The van der Waals surface area contributed by atoms with Gasteiger partial charge in [0.15, 0.2) is 5.78 Å². The number of hydrogen-bond donors (Lipinski definition) is 3. The van der Waals surface area contributed by atoms with Crippen LogP contribution < -0.4 is 4.72 Å². The van der Waals surface area contributed by atoms with E-state index < -0.39 is 87.7 Å². The van der Waals surface area contributed by atoms with E-state index in [0.29, 0.717) is 42.7 Å². The number of nitrogens with zero attached hydrogens (tertiary/aromatic N) is 1. The molecule has 408 valence electrons. The third-order valence-electron chi connectivity index (χ3n) is 15.8. The molecule has 14 atom stereocenters. The monoisotopic (exact) mass is 1030 g/mol. The van der Waals surface area contributed by atoms with Gasteiger partial charge in [0.05, 0.1) is 24.6 Å². The van der Waals surface area contributed by atoms with Gasteiger partial charge in [-0.05, 0) is 115 Å². The average molecular weight is 1030 g/mol. The van der Waals surface area contributed by atoms with Crippen LogP contribution >= 0.6 is 0 Å². The van der Waals surface area contributed by atoms with Crippen LogP contribution in [0.15, 0.2) is 47.6 Å². The molecule has 2 bridgehead atoms. The summed E-state index contributed by atoms with van der Waals surface area (Å²) in [7, 11) is 0.579. The van der Waals surface area contributed by atoms with Crippen molar-refractivity contribution in [2.24, 2.45) is 35.5 Å². The molecule has 0 aromatic rings. The minimum atomic E-state index is -3.73. The smallest absolute Gasteiger partial charge is 0.328 e. The Hall–Kier alpha value is -3.42. The van der Waals surface area contributed by atoms with Crippen molar-refractivity contribution in [3.8, 4) is 0 Å². The van der Waals surface area contributed by atoms with Gasteiger partial charge in [0.1, 0.15) is 30.1 Å². The lowest BCUT2D eigenvalue weighted by atomic mass is 9.78. The number of cyclic esters (lactones) is 1. The molecule has 0 radical (unpaired) electrons. The first-order chi connectivity index (χ1) is 33.9. The predicted octanol–water partition coefficient (Wildman–Crippen LogP) is 6.91. The van der Waals surface area contributed by atoms with Crippen LogP contribution in [0.25, 0.3) is 0 Å². The standard InChI is InChI=1S/C55H88N2O14S/c1-34-20-16-13-12-14-17-21-35(2)49(59)51(68-10)50(60)38(5)28-36(3)45(58)32-47(37(4)29-42-25-27-46(48(30-42)67-9)69-33-41-22-18-15-19-23-41)70-54(63)40(7)57(8)53(62)52(61)55(64)39(6)24-26-43(71-55)31-44(34)56-72(11,65)66/h12-14,16,20,28,35-37,39-44,46-48,50-51,56,60,64H,15,17-19,21-27,29-33H2,1-11H3/b14-12+,16-13+,34-20+,38-28+/t35?,36?,37-,39+,40?,42+,43-,44+,46-,47?,48-,50?,51?,55+/m1/s1. The quantitative estimate of drug-likeness (QED) is 0.115. The summed E-state index contributed by atoms with van der Waals surface area (Å²) in [5, 5.41) is 23.3. The molecule has 17 heteroatoms. The number of ketones is 3. The number of Topliss-reactive ketones (excluding diaryl/α,β-unsaturated/α-hetero) is 3. The van der Waals surface area contributed by atoms with E-state index in [0.717, 1.165) is 37.0 Å². The zero-order valence-corrected chi connectivity index (χ0v) is 45.8. The van der Waals surface area contributed by atoms with Gasteiger partial charge in [0, 0.05) is 58.1 Å². The zero-order valence-electron chi connectivity index (χ0n) is 45.0. The van der Waals surface area contributed by atoms with E-state index >= 15 is 0 Å². The molecule has 2 heterocycles. The van der Waals surface area contributed by atoms with Crippen LogP contribution in [0, 0.1) is 35.5 Å². The molecule has 1 amide bonds. The molecule has 4 rings (SSSR count). The average Bonchev–Trinajstić information content (AvgIpc) is 3.34. The largest absolute Gasteiger partial charge is 0.460 e. The lowest BCUT2D eigenvalue weighted by Gasteiger charge is -2.42. The van der Waals surface area contributed by atoms with Crippen LogP contribution in [0.2, 0.25) is 0 Å². The van der Waals surface area contributed by atoms with E-state index in [1.807, 2.05) is 13.0 Å². The van der Waals surface area contributed by atoms with Gasteiger partial charge >= 0.3 is 5.97 Å². The van der Waals surface area contributed by atoms with E-state index in [2.05, 4.69) is 4.72 Å². The van der Waals surface area contributed by atoms with Crippen LogP contribution in [-0.4, -0.2) is 141 Å². The van der Waals surface area contributed by atoms with E-state index in [1.165, 1.54) is 53.2 Å². The van der Waals surface area contributed by atoms with Crippen LogP contribution in [0.5, 0.6) is 0 Å². The molecule has 0 spiro atoms. The highest BCUT2D eigenvalue weighted by atomic mass is 32.2. The number of esters is 1. The number of methoxy groups -OCH3 is 2. The van der Waals surface area contributed by atoms with Crippen molar-refractivity contribution in [3.63, 3.8) is 0 Å². The Kier molecular flexibility index (Phi) is 24.2. The fourth-order valence-electron chi connectivity index (χ4n) is 10.7. The lowest BCUT2D eigenvalue weighted by molar-refractivity contribution is -0.263. The number of hydrogen-bond acceptors (Lipinski definition) is 14. The number of sulfonamides is 1. The molecule has 1 saturated heterocycles. The first kappa shape index (κ1) is 61.1. The van der Waals surface area contributed by atoms with Gasteiger partial charge in [-0.1, -0.05) is 89.0 Å². The van der Waals surface area contributed by atoms with Crippen molar-refractivity contribution < 1.29 is 66.3 Å². The number of amides is 1. The number of carbonyl (C=O) groups is 5. The van der Waals surface area contributed by atoms with Gasteiger partial charge < -0.3 is 38.8 Å². The van der Waals surface area contributed by atoms with Crippen LogP contribution in [0.4, 0.5) is 0 Å². The maximum Gasteiger partial charge on any atom is 0.328 e. The van der Waals surface area contributed by atoms with Crippen molar-refractivity contribution in [2.45, 2.75) is 199 Å². The predicted molar refractivity (Wildman–Crippen MR) is 275 cm³/mol. The number of aliphatic hydroxyl groups excluding tert-OH is 1. The number of ether oxygens (including phenoxy) is 5. The second-order valence-corrected chi connectivity index (χ2v) is 23.4. The van der Waals surface area contributed by atoms with Crippen LogP contribution in [-0.2, 0) is 57.7 Å². The summed E-state index contributed by atoms with van der Waals surface area (Å²) < 4.78 is 57.9. The Balaban J connectivity index is 1.64. The number of fused-ring (bicyclic) bond motifs is 2. The van der Waals surface area contributed by atoms with Crippen molar-refractivity contribution in [2.75, 3.05) is 34.1 Å². The van der Waals surface area contributed by atoms with Crippen molar-refractivity contribution in [3.05, 3.63) is 47.6 Å². The molecule has 16 nitrogen and oxygen atoms in total. The van der Waals surface area contributed by atoms with Gasteiger partial charge in [-0.3, -0.25) is 19.2 Å². The van der Waals surface area contributed by atoms with E-state index in [9.17, 15) is 42.6 Å². The molecule has 0 aromatic heterocycles. The van der Waals surface area contributed by atoms with Crippen molar-refractivity contribution in [1.29, 1.82) is 0 Å². The highest BCUT2D eigenvalue weighted by Gasteiger charge is 2.52. The van der Waals surface area contributed by atoms with Gasteiger partial charge in [-0.2, -0.15) is 0 Å². The first-order valence-corrected chi connectivity index (χ1v) is 28.3. The Morgan fingerprint density at radius 3 is 2.21 bits per heavy atom. The highest BCUT2D eigenvalue weighted by Crippen LogP contribution is 2.38. The fraction of sp³-hybridized carbons (Fsp3) is 0.764. The molecule has 2 aliphatic heterocycles. The van der Waals surface area contributed by atoms with Gasteiger partial charge in [0.2, 0.25) is 15.8 Å². The van der Waals surface area contributed by atoms with Gasteiger partial charge in [0.25, 0.3) is 11.7 Å². The number of rotatable bonds is 10. The van der Waals surface area contributed by atoms with Crippen LogP contribution in [0.1, 0.15) is 145 Å². The molecular formula is C55H88N2O14S. The number of allylic oxidation sites excluding steroid dienone is 6. The van der Waals surface area contributed by atoms with Crippen molar-refractivity contribution in [1.82, 2.24) is 9.62 Å². The first-order valence-electron chi connectivity index (χ1n) is 26.4. The Morgan fingerprint density at radius 2 is 1.56 bits per heavy atom. The minimum Gasteiger partial charge on any atom is -0.460 e. The fourth-order valence-corrected chi connectivity index (χ4v) is 11.5. The maximum atomic E-state index is 14.2. The Bertz CT molecular complexity index is 2060. The number of nitrogens with one attached hydrogen (secondary N) is 1. The lowest BCUT2D eigenvalue weighted by Crippen LogP contribution is -2.59. The topological polar surface area (TPSA) is 221 Å². The summed E-state index contributed by atoms with van der Waals surface area (Å²) in [4.78, 5) is 71.0. The molecule has 3 N–H and O–H groups in total. The minimum absolute atomic E-state index is 0.0295. The summed E-state index contributed by atoms with van der Waals surface area (Å²) in [6.07, 6.45) is 17.6. The zero-order chi connectivity index (χ0) is 53.5. The van der Waals surface area contributed by atoms with E-state index in [-0.39, 0.29) is 54.9 Å². The summed E-state index contributed by atoms with van der Waals surface area (Å²) in [5.41, 5.74) is 0.985. The van der Waals surface area contributed by atoms with Gasteiger partial charge in [-0.15, -0.1) is 0 Å². The number of carbonyl (C=O) groups excluding carboxylic acids is 5. The number of aliphatic hydroxyl groups is 2. The molecule has 6 unspecified atom stereocenters. The highest BCUT2D eigenvalue weighted by molar-refractivity contribution is 7.88. The molecule has 3 fully saturated rings. The molecule has 2 aliphatic carbocycles. The third-order valence-corrected chi connectivity index (χ3v) is 16.5. The summed E-state index contributed by atoms with van der Waals surface area (Å²) >= 11 is 0. The molecule has 72 heavy (non-hydrogen) atoms. The van der Waals surface area contributed by atoms with Crippen molar-refractivity contribution >= 4 is 39.2 Å². The summed E-state index contributed by atoms with van der Waals surface area (Å²) in [6, 6.07) is -2.13. The molecule has 2 saturated carbocycles. The normalized spacial score (nSPS) is 37.5. The number of likely N-dealkylation sites (N-methyl/N-ethyl adjacent to an activating group) is 1. The van der Waals surface area contributed by atoms with E-state index in [1.54, 1.807) is 72.1 Å². The molecule has 4 aliphatic rings. The van der Waals surface area contributed by atoms with Gasteiger partial charge in [-0.25, -0.2) is 17.9 Å². The SMILES string of the molecule is COC1C(=O)C(C)CC/C=C/C=C/C=C(\C)[C@@H](NS(C)(=O)=O)C[C@H]2CC[C@H](C)[C@](O)(O2)C(=O)C(=O)N(C)C(C)C(=O)OC([C@H](C)C[C@@H]2CC[C@@H](OCC3CCCCC3)[C@H](OC)C2)CC(=O)C(C)/C=C(\C)C1O. The molecular weight excluding hydrogens is 945 g/mol. The Morgan fingerprint density at radius 1 is 0.861 bits per heavy atom. The Labute approximate surface area is 430 Å². The second-order valence-electron chi connectivity index (χ2n) is 21.6. The molecule has 0 aromatic carbocycles. The third kappa shape index (κ3) is 17.6. The van der Waals surface area contributed by atoms with E-state index in [4.69, 9.17) is 23.7 Å². The summed E-state index contributed by atoms with van der Waals surface area (Å²) in [5.74, 6) is -8.18. The maximum absolute atomic E-state index is 14.2. The summed E-state index contributed by atoms with van der Waals surface area (Å²) in [6.45, 7) is 12.5. The second kappa shape index (κ2) is 28.5.